The Kier molecular flexibility index (Phi) is 6.00. The number of carbonyl (C=O) groups excluding carboxylic acids is 2. The number of hydrogen-bond acceptors (Lipinski definition) is 4. The molecule has 1 fully saturated rings. The molecule has 0 spiro atoms. The van der Waals surface area contributed by atoms with Gasteiger partial charge in [-0.2, -0.15) is 0 Å². The second kappa shape index (κ2) is 9.02. The van der Waals surface area contributed by atoms with Gasteiger partial charge in [-0.25, -0.2) is 0 Å². The molecule has 0 aliphatic carbocycles. The van der Waals surface area contributed by atoms with Gasteiger partial charge in [-0.3, -0.25) is 9.59 Å². The minimum Gasteiger partial charge on any atom is -0.457 e. The van der Waals surface area contributed by atoms with Crippen LogP contribution < -0.4 is 10.5 Å². The van der Waals surface area contributed by atoms with Gasteiger partial charge in [0.25, 0.3) is 5.91 Å². The van der Waals surface area contributed by atoms with E-state index in [0.717, 1.165) is 5.56 Å². The minimum absolute atomic E-state index is 0.0338. The molecule has 6 heteroatoms. The Morgan fingerprint density at radius 1 is 0.871 bits per heavy atom. The number of hydrogen-bond donors (Lipinski definition) is 1. The summed E-state index contributed by atoms with van der Waals surface area (Å²) in [5, 5.41) is 0. The summed E-state index contributed by atoms with van der Waals surface area (Å²) in [5.74, 6) is 0.660. The molecule has 1 saturated heterocycles. The third-order valence-electron chi connectivity index (χ3n) is 5.19. The van der Waals surface area contributed by atoms with E-state index < -0.39 is 5.91 Å². The fourth-order valence-corrected chi connectivity index (χ4v) is 3.64. The summed E-state index contributed by atoms with van der Waals surface area (Å²) in [6, 6.07) is 23.6. The van der Waals surface area contributed by atoms with E-state index in [0.29, 0.717) is 35.7 Å². The first-order chi connectivity index (χ1) is 15.0. The van der Waals surface area contributed by atoms with Crippen LogP contribution in [0.5, 0.6) is 11.5 Å². The third-order valence-corrected chi connectivity index (χ3v) is 5.19. The normalized spacial score (nSPS) is 18.4. The standard InChI is InChI=1S/C25H24N2O4/c1-17-15-27(16-23(30-17)18-5-3-2-4-6-18)25(29)20-9-13-22(14-10-20)31-21-11-7-19(8-12-21)24(26)28/h2-14,17,23H,15-16H2,1H3,(H2,26,28)/t17-,23+/m0/s1. The maximum Gasteiger partial charge on any atom is 0.254 e. The van der Waals surface area contributed by atoms with Crippen LogP contribution in [0.4, 0.5) is 0 Å². The van der Waals surface area contributed by atoms with Gasteiger partial charge in [0.2, 0.25) is 5.91 Å². The number of benzene rings is 3. The Morgan fingerprint density at radius 2 is 1.45 bits per heavy atom. The highest BCUT2D eigenvalue weighted by molar-refractivity contribution is 5.94. The van der Waals surface area contributed by atoms with Crippen molar-refractivity contribution in [2.24, 2.45) is 5.73 Å². The molecule has 2 atom stereocenters. The number of primary amides is 1. The lowest BCUT2D eigenvalue weighted by molar-refractivity contribution is -0.0691. The Hall–Kier alpha value is -3.64. The van der Waals surface area contributed by atoms with E-state index in [2.05, 4.69) is 0 Å². The van der Waals surface area contributed by atoms with Crippen molar-refractivity contribution in [2.75, 3.05) is 13.1 Å². The molecule has 0 saturated carbocycles. The van der Waals surface area contributed by atoms with Crippen LogP contribution in [-0.2, 0) is 4.74 Å². The molecule has 1 heterocycles. The van der Waals surface area contributed by atoms with Gasteiger partial charge < -0.3 is 20.1 Å². The second-order valence-corrected chi connectivity index (χ2v) is 7.57. The highest BCUT2D eigenvalue weighted by Crippen LogP contribution is 2.27. The van der Waals surface area contributed by atoms with Crippen LogP contribution in [-0.4, -0.2) is 35.9 Å². The lowest BCUT2D eigenvalue weighted by Gasteiger charge is -2.37. The van der Waals surface area contributed by atoms with E-state index in [4.69, 9.17) is 15.2 Å². The van der Waals surface area contributed by atoms with Crippen molar-refractivity contribution < 1.29 is 19.1 Å². The summed E-state index contributed by atoms with van der Waals surface area (Å²) in [6.45, 7) is 3.04. The van der Waals surface area contributed by atoms with Crippen molar-refractivity contribution in [2.45, 2.75) is 19.1 Å². The van der Waals surface area contributed by atoms with Gasteiger partial charge in [0, 0.05) is 17.7 Å². The monoisotopic (exact) mass is 416 g/mol. The maximum absolute atomic E-state index is 13.1. The van der Waals surface area contributed by atoms with Crippen LogP contribution in [0.15, 0.2) is 78.9 Å². The minimum atomic E-state index is -0.485. The predicted octanol–water partition coefficient (Wildman–Crippen LogP) is 4.18. The van der Waals surface area contributed by atoms with E-state index in [9.17, 15) is 9.59 Å². The predicted molar refractivity (Wildman–Crippen MR) is 117 cm³/mol. The first-order valence-electron chi connectivity index (χ1n) is 10.2. The highest BCUT2D eigenvalue weighted by Gasteiger charge is 2.29. The average molecular weight is 416 g/mol. The quantitative estimate of drug-likeness (QED) is 0.676. The lowest BCUT2D eigenvalue weighted by Crippen LogP contribution is -2.45. The number of amides is 2. The van der Waals surface area contributed by atoms with Crippen molar-refractivity contribution in [1.29, 1.82) is 0 Å². The number of nitrogens with two attached hydrogens (primary N) is 1. The summed E-state index contributed by atoms with van der Waals surface area (Å²) >= 11 is 0. The molecule has 2 amide bonds. The molecule has 31 heavy (non-hydrogen) atoms. The molecule has 0 unspecified atom stereocenters. The van der Waals surface area contributed by atoms with Gasteiger partial charge in [0.05, 0.1) is 12.6 Å². The van der Waals surface area contributed by atoms with Gasteiger partial charge in [-0.05, 0) is 61.0 Å². The zero-order valence-electron chi connectivity index (χ0n) is 17.2. The molecule has 1 aliphatic heterocycles. The van der Waals surface area contributed by atoms with Crippen LogP contribution >= 0.6 is 0 Å². The molecule has 6 nitrogen and oxygen atoms in total. The topological polar surface area (TPSA) is 81.9 Å². The Labute approximate surface area is 181 Å². The van der Waals surface area contributed by atoms with Crippen molar-refractivity contribution in [3.63, 3.8) is 0 Å². The molecular formula is C25H24N2O4. The van der Waals surface area contributed by atoms with Crippen LogP contribution in [0.2, 0.25) is 0 Å². The van der Waals surface area contributed by atoms with E-state index in [1.165, 1.54) is 0 Å². The van der Waals surface area contributed by atoms with Crippen molar-refractivity contribution in [3.8, 4) is 11.5 Å². The van der Waals surface area contributed by atoms with E-state index in [1.54, 1.807) is 48.5 Å². The van der Waals surface area contributed by atoms with Crippen LogP contribution in [0.25, 0.3) is 0 Å². The van der Waals surface area contributed by atoms with Gasteiger partial charge in [0.1, 0.15) is 17.6 Å². The molecule has 2 N–H and O–H groups in total. The molecule has 158 valence electrons. The van der Waals surface area contributed by atoms with E-state index in [1.807, 2.05) is 42.2 Å². The molecule has 0 radical (unpaired) electrons. The smallest absolute Gasteiger partial charge is 0.254 e. The summed E-state index contributed by atoms with van der Waals surface area (Å²) in [4.78, 5) is 26.1. The number of ether oxygens (including phenoxy) is 2. The summed E-state index contributed by atoms with van der Waals surface area (Å²) < 4.78 is 11.8. The molecular weight excluding hydrogens is 392 g/mol. The van der Waals surface area contributed by atoms with Gasteiger partial charge in [-0.1, -0.05) is 30.3 Å². The number of nitrogens with zero attached hydrogens (tertiary/aromatic N) is 1. The third kappa shape index (κ3) is 4.92. The number of rotatable bonds is 5. The largest absolute Gasteiger partial charge is 0.457 e. The zero-order chi connectivity index (χ0) is 21.8. The second-order valence-electron chi connectivity index (χ2n) is 7.57. The number of morpholine rings is 1. The zero-order valence-corrected chi connectivity index (χ0v) is 17.2. The fourth-order valence-electron chi connectivity index (χ4n) is 3.64. The van der Waals surface area contributed by atoms with Crippen molar-refractivity contribution in [3.05, 3.63) is 95.6 Å². The SMILES string of the molecule is C[C@H]1CN(C(=O)c2ccc(Oc3ccc(C(N)=O)cc3)cc2)C[C@H](c2ccccc2)O1. The Bertz CT molecular complexity index is 1050. The summed E-state index contributed by atoms with van der Waals surface area (Å²) in [6.07, 6.45) is -0.186. The lowest BCUT2D eigenvalue weighted by atomic mass is 10.1. The Morgan fingerprint density at radius 3 is 2.03 bits per heavy atom. The fraction of sp³-hybridized carbons (Fsp3) is 0.200. The molecule has 3 aromatic rings. The van der Waals surface area contributed by atoms with Crippen molar-refractivity contribution >= 4 is 11.8 Å². The van der Waals surface area contributed by atoms with Crippen LogP contribution in [0.3, 0.4) is 0 Å². The molecule has 4 rings (SSSR count). The summed E-state index contributed by atoms with van der Waals surface area (Å²) in [5.41, 5.74) is 7.33. The Balaban J connectivity index is 1.43. The highest BCUT2D eigenvalue weighted by atomic mass is 16.5. The van der Waals surface area contributed by atoms with Crippen LogP contribution in [0.1, 0.15) is 39.3 Å². The molecule has 0 aromatic heterocycles. The average Bonchev–Trinajstić information content (AvgIpc) is 2.79. The van der Waals surface area contributed by atoms with Crippen LogP contribution in [0, 0.1) is 0 Å². The van der Waals surface area contributed by atoms with Gasteiger partial charge >= 0.3 is 0 Å². The van der Waals surface area contributed by atoms with Crippen molar-refractivity contribution in [1.82, 2.24) is 4.90 Å². The summed E-state index contributed by atoms with van der Waals surface area (Å²) in [7, 11) is 0. The molecule has 3 aromatic carbocycles. The van der Waals surface area contributed by atoms with E-state index in [-0.39, 0.29) is 18.1 Å². The molecule has 0 bridgehead atoms. The number of carbonyl (C=O) groups is 2. The van der Waals surface area contributed by atoms with Gasteiger partial charge in [-0.15, -0.1) is 0 Å². The first-order valence-corrected chi connectivity index (χ1v) is 10.2. The first kappa shape index (κ1) is 20.6. The maximum atomic E-state index is 13.1. The van der Waals surface area contributed by atoms with Gasteiger partial charge in [0.15, 0.2) is 0 Å². The van der Waals surface area contributed by atoms with E-state index >= 15 is 0 Å². The molecule has 1 aliphatic rings.